The Morgan fingerprint density at radius 3 is 2.79 bits per heavy atom. The molecule has 1 rings (SSSR count). The van der Waals surface area contributed by atoms with E-state index in [1.807, 2.05) is 0 Å². The van der Waals surface area contributed by atoms with Gasteiger partial charge in [-0.3, -0.25) is 0 Å². The lowest BCUT2D eigenvalue weighted by Crippen LogP contribution is -2.19. The van der Waals surface area contributed by atoms with Gasteiger partial charge in [0.2, 0.25) is 0 Å². The number of ether oxygens (including phenoxy) is 1. The first-order valence-electron chi connectivity index (χ1n) is 3.84. The molecule has 14 heavy (non-hydrogen) atoms. The first kappa shape index (κ1) is 10.6. The van der Waals surface area contributed by atoms with Crippen molar-refractivity contribution in [1.82, 2.24) is 4.98 Å². The summed E-state index contributed by atoms with van der Waals surface area (Å²) < 4.78 is 39.8. The molecule has 0 amide bonds. The number of nitrogens with zero attached hydrogens (tertiary/aromatic N) is 1. The zero-order chi connectivity index (χ0) is 10.6. The van der Waals surface area contributed by atoms with E-state index >= 15 is 0 Å². The Kier molecular flexibility index (Phi) is 3.16. The van der Waals surface area contributed by atoms with Gasteiger partial charge in [-0.05, 0) is 6.07 Å². The van der Waals surface area contributed by atoms with Crippen molar-refractivity contribution in [2.24, 2.45) is 0 Å². The standard InChI is InChI=1S/C8H9F3N2O/c1-12-7-4-6(2-3-13-7)14-5-8(9,10)11/h2-4H,5H2,1H3,(H,12,13). The summed E-state index contributed by atoms with van der Waals surface area (Å²) in [7, 11) is 1.62. The topological polar surface area (TPSA) is 34.1 Å². The summed E-state index contributed by atoms with van der Waals surface area (Å²) in [5.74, 6) is 0.603. The van der Waals surface area contributed by atoms with Crippen LogP contribution in [0.1, 0.15) is 0 Å². The quantitative estimate of drug-likeness (QED) is 0.821. The summed E-state index contributed by atoms with van der Waals surface area (Å²) in [6.45, 7) is -1.29. The van der Waals surface area contributed by atoms with Crippen LogP contribution in [0.2, 0.25) is 0 Å². The molecule has 1 heterocycles. The molecule has 6 heteroatoms. The summed E-state index contributed by atoms with van der Waals surface area (Å²) in [6.07, 6.45) is -2.94. The van der Waals surface area contributed by atoms with Gasteiger partial charge in [0.25, 0.3) is 0 Å². The summed E-state index contributed by atoms with van der Waals surface area (Å²) in [6, 6.07) is 2.76. The average molecular weight is 206 g/mol. The van der Waals surface area contributed by atoms with E-state index in [1.165, 1.54) is 18.3 Å². The SMILES string of the molecule is CNc1cc(OCC(F)(F)F)ccn1. The Bertz CT molecular complexity index is 301. The van der Waals surface area contributed by atoms with Crippen molar-refractivity contribution in [2.45, 2.75) is 6.18 Å². The fourth-order valence-electron chi connectivity index (χ4n) is 0.803. The third kappa shape index (κ3) is 3.51. The molecule has 0 saturated heterocycles. The van der Waals surface area contributed by atoms with Crippen LogP contribution in [-0.2, 0) is 0 Å². The third-order valence-corrected chi connectivity index (χ3v) is 1.39. The van der Waals surface area contributed by atoms with Crippen LogP contribution >= 0.6 is 0 Å². The summed E-state index contributed by atoms with van der Waals surface area (Å²) >= 11 is 0. The monoisotopic (exact) mass is 206 g/mol. The normalized spacial score (nSPS) is 11.1. The van der Waals surface area contributed by atoms with E-state index in [2.05, 4.69) is 15.0 Å². The highest BCUT2D eigenvalue weighted by atomic mass is 19.4. The number of nitrogens with one attached hydrogen (secondary N) is 1. The molecule has 0 aromatic carbocycles. The first-order chi connectivity index (χ1) is 6.51. The highest BCUT2D eigenvalue weighted by molar-refractivity contribution is 5.39. The molecule has 0 unspecified atom stereocenters. The number of halogens is 3. The van der Waals surface area contributed by atoms with Crippen molar-refractivity contribution in [3.63, 3.8) is 0 Å². The fourth-order valence-corrected chi connectivity index (χ4v) is 0.803. The van der Waals surface area contributed by atoms with Crippen LogP contribution in [0.5, 0.6) is 5.75 Å². The van der Waals surface area contributed by atoms with Crippen LogP contribution < -0.4 is 10.1 Å². The zero-order valence-corrected chi connectivity index (χ0v) is 7.43. The molecule has 0 fully saturated rings. The molecule has 0 aliphatic rings. The predicted octanol–water partition coefficient (Wildman–Crippen LogP) is 2.06. The number of hydrogen-bond acceptors (Lipinski definition) is 3. The minimum absolute atomic E-state index is 0.140. The molecular formula is C8H9F3N2O. The van der Waals surface area contributed by atoms with E-state index in [4.69, 9.17) is 0 Å². The highest BCUT2D eigenvalue weighted by Crippen LogP contribution is 2.19. The van der Waals surface area contributed by atoms with Gasteiger partial charge < -0.3 is 10.1 Å². The summed E-state index contributed by atoms with van der Waals surface area (Å²) in [5.41, 5.74) is 0. The molecule has 0 aliphatic carbocycles. The molecular weight excluding hydrogens is 197 g/mol. The lowest BCUT2D eigenvalue weighted by Gasteiger charge is -2.09. The Morgan fingerprint density at radius 2 is 2.21 bits per heavy atom. The number of alkyl halides is 3. The van der Waals surface area contributed by atoms with E-state index < -0.39 is 12.8 Å². The van der Waals surface area contributed by atoms with Gasteiger partial charge >= 0.3 is 6.18 Å². The third-order valence-electron chi connectivity index (χ3n) is 1.39. The first-order valence-corrected chi connectivity index (χ1v) is 3.84. The van der Waals surface area contributed by atoms with Gasteiger partial charge in [-0.15, -0.1) is 0 Å². The van der Waals surface area contributed by atoms with Crippen molar-refractivity contribution >= 4 is 5.82 Å². The average Bonchev–Trinajstić information content (AvgIpc) is 2.14. The zero-order valence-electron chi connectivity index (χ0n) is 7.43. The van der Waals surface area contributed by atoms with Crippen LogP contribution in [0, 0.1) is 0 Å². The maximum atomic E-state index is 11.8. The molecule has 0 bridgehead atoms. The van der Waals surface area contributed by atoms with E-state index in [0.29, 0.717) is 5.82 Å². The summed E-state index contributed by atoms with van der Waals surface area (Å²) in [5, 5.41) is 2.69. The minimum atomic E-state index is -4.32. The molecule has 1 N–H and O–H groups in total. The minimum Gasteiger partial charge on any atom is -0.484 e. The van der Waals surface area contributed by atoms with Gasteiger partial charge in [0.05, 0.1) is 0 Å². The molecule has 0 spiro atoms. The lowest BCUT2D eigenvalue weighted by molar-refractivity contribution is -0.153. The van der Waals surface area contributed by atoms with E-state index in [-0.39, 0.29) is 5.75 Å². The number of aromatic nitrogens is 1. The number of pyridine rings is 1. The highest BCUT2D eigenvalue weighted by Gasteiger charge is 2.28. The molecule has 0 aliphatic heterocycles. The van der Waals surface area contributed by atoms with Crippen molar-refractivity contribution in [3.05, 3.63) is 18.3 Å². The molecule has 0 radical (unpaired) electrons. The molecule has 1 aromatic heterocycles. The van der Waals surface area contributed by atoms with Crippen LogP contribution in [0.4, 0.5) is 19.0 Å². The van der Waals surface area contributed by atoms with Gasteiger partial charge in [0, 0.05) is 19.3 Å². The molecule has 3 nitrogen and oxygen atoms in total. The lowest BCUT2D eigenvalue weighted by atomic mass is 10.4. The Morgan fingerprint density at radius 1 is 1.50 bits per heavy atom. The Hall–Kier alpha value is -1.46. The van der Waals surface area contributed by atoms with E-state index in [0.717, 1.165) is 0 Å². The van der Waals surface area contributed by atoms with Gasteiger partial charge in [-0.1, -0.05) is 0 Å². The van der Waals surface area contributed by atoms with Crippen LogP contribution in [0.25, 0.3) is 0 Å². The van der Waals surface area contributed by atoms with Crippen molar-refractivity contribution in [2.75, 3.05) is 19.0 Å². The van der Waals surface area contributed by atoms with Crippen molar-refractivity contribution in [1.29, 1.82) is 0 Å². The second kappa shape index (κ2) is 4.17. The number of hydrogen-bond donors (Lipinski definition) is 1. The Balaban J connectivity index is 2.59. The van der Waals surface area contributed by atoms with Gasteiger partial charge in [-0.2, -0.15) is 13.2 Å². The van der Waals surface area contributed by atoms with Crippen LogP contribution in [-0.4, -0.2) is 24.8 Å². The second-order valence-electron chi connectivity index (χ2n) is 2.53. The predicted molar refractivity (Wildman–Crippen MR) is 45.3 cm³/mol. The summed E-state index contributed by atoms with van der Waals surface area (Å²) in [4.78, 5) is 3.83. The maximum absolute atomic E-state index is 11.8. The van der Waals surface area contributed by atoms with Crippen LogP contribution in [0.3, 0.4) is 0 Å². The number of anilines is 1. The van der Waals surface area contributed by atoms with E-state index in [9.17, 15) is 13.2 Å². The largest absolute Gasteiger partial charge is 0.484 e. The molecule has 78 valence electrons. The van der Waals surface area contributed by atoms with Gasteiger partial charge in [-0.25, -0.2) is 4.98 Å². The van der Waals surface area contributed by atoms with Crippen molar-refractivity contribution in [3.8, 4) is 5.75 Å². The smallest absolute Gasteiger partial charge is 0.422 e. The fraction of sp³-hybridized carbons (Fsp3) is 0.375. The number of rotatable bonds is 3. The van der Waals surface area contributed by atoms with Crippen LogP contribution in [0.15, 0.2) is 18.3 Å². The van der Waals surface area contributed by atoms with Gasteiger partial charge in [0.1, 0.15) is 11.6 Å². The molecule has 0 saturated carbocycles. The van der Waals surface area contributed by atoms with E-state index in [1.54, 1.807) is 7.05 Å². The Labute approximate surface area is 78.9 Å². The molecule has 0 atom stereocenters. The second-order valence-corrected chi connectivity index (χ2v) is 2.53. The maximum Gasteiger partial charge on any atom is 0.422 e. The van der Waals surface area contributed by atoms with Crippen molar-refractivity contribution < 1.29 is 17.9 Å². The van der Waals surface area contributed by atoms with Gasteiger partial charge in [0.15, 0.2) is 6.61 Å². The molecule has 1 aromatic rings.